The normalized spacial score (nSPS) is 11.5. The van der Waals surface area contributed by atoms with Crippen LogP contribution in [-0.4, -0.2) is 36.0 Å². The Morgan fingerprint density at radius 3 is 2.83 bits per heavy atom. The van der Waals surface area contributed by atoms with Crippen LogP contribution in [0.5, 0.6) is 0 Å². The van der Waals surface area contributed by atoms with E-state index in [1.807, 2.05) is 44.3 Å². The van der Waals surface area contributed by atoms with Gasteiger partial charge in [-0.2, -0.15) is 16.4 Å². The number of amides is 1. The number of thiophene rings is 1. The highest BCUT2D eigenvalue weighted by Gasteiger charge is 2.16. The number of fused-ring (bicyclic) bond motifs is 2. The molecule has 8 nitrogen and oxygen atoms in total. The smallest absolute Gasteiger partial charge is 0.226 e. The van der Waals surface area contributed by atoms with Crippen molar-refractivity contribution in [2.45, 2.75) is 13.8 Å². The Hall–Kier alpha value is -4.37. The molecule has 0 aliphatic heterocycles. The molecule has 6 heterocycles. The van der Waals surface area contributed by atoms with Crippen molar-refractivity contribution < 1.29 is 4.79 Å². The molecule has 3 N–H and O–H groups in total. The zero-order chi connectivity index (χ0) is 23.9. The first-order chi connectivity index (χ1) is 17.1. The second kappa shape index (κ2) is 8.44. The number of pyridine rings is 3. The number of nitrogens with one attached hydrogen (secondary N) is 3. The lowest BCUT2D eigenvalue weighted by atomic mass is 10.1. The summed E-state index contributed by atoms with van der Waals surface area (Å²) in [7, 11) is 0. The molecular weight excluding hydrogens is 458 g/mol. The summed E-state index contributed by atoms with van der Waals surface area (Å²) in [5, 5.41) is 15.8. The predicted octanol–water partition coefficient (Wildman–Crippen LogP) is 5.89. The van der Waals surface area contributed by atoms with E-state index in [0.717, 1.165) is 50.1 Å². The Kier molecular flexibility index (Phi) is 5.11. The molecule has 0 saturated carbocycles. The van der Waals surface area contributed by atoms with E-state index in [4.69, 9.17) is 4.98 Å². The van der Waals surface area contributed by atoms with Crippen molar-refractivity contribution in [3.63, 3.8) is 0 Å². The summed E-state index contributed by atoms with van der Waals surface area (Å²) in [6, 6.07) is 11.9. The Labute approximate surface area is 204 Å². The van der Waals surface area contributed by atoms with Crippen molar-refractivity contribution in [3.8, 4) is 33.8 Å². The maximum atomic E-state index is 12.1. The Balaban J connectivity index is 1.41. The first-order valence-electron chi connectivity index (χ1n) is 11.2. The number of rotatable bonds is 5. The standard InChI is InChI=1S/C26H21N7OS/c1-14(2)26(34)29-17-9-16(11-27-12-17)20-3-4-21-23(30-20)24(33-32-21)22-10-19-18(15-6-8-35-13-15)5-7-28-25(19)31-22/h3-14H,1-2H3,(H,28,31)(H,29,34)(H,32,33). The summed E-state index contributed by atoms with van der Waals surface area (Å²) in [6.07, 6.45) is 5.18. The van der Waals surface area contributed by atoms with E-state index < -0.39 is 0 Å². The molecule has 0 fully saturated rings. The number of carbonyl (C=O) groups is 1. The van der Waals surface area contributed by atoms with Crippen LogP contribution in [0, 0.1) is 5.92 Å². The van der Waals surface area contributed by atoms with Crippen LogP contribution in [0.15, 0.2) is 65.7 Å². The minimum atomic E-state index is -0.118. The lowest BCUT2D eigenvalue weighted by molar-refractivity contribution is -0.118. The number of anilines is 1. The van der Waals surface area contributed by atoms with Crippen LogP contribution in [0.3, 0.4) is 0 Å². The molecule has 9 heteroatoms. The van der Waals surface area contributed by atoms with Gasteiger partial charge < -0.3 is 10.3 Å². The van der Waals surface area contributed by atoms with Gasteiger partial charge in [0.2, 0.25) is 5.91 Å². The molecule has 0 bridgehead atoms. The monoisotopic (exact) mass is 479 g/mol. The maximum Gasteiger partial charge on any atom is 0.226 e. The minimum Gasteiger partial charge on any atom is -0.338 e. The number of aromatic amines is 2. The average molecular weight is 480 g/mol. The van der Waals surface area contributed by atoms with Gasteiger partial charge in [0, 0.05) is 29.3 Å². The van der Waals surface area contributed by atoms with E-state index >= 15 is 0 Å². The number of aromatic nitrogens is 6. The van der Waals surface area contributed by atoms with Gasteiger partial charge in [-0.3, -0.25) is 14.9 Å². The fraction of sp³-hybridized carbons (Fsp3) is 0.115. The third-order valence-electron chi connectivity index (χ3n) is 5.85. The zero-order valence-corrected chi connectivity index (χ0v) is 19.9. The van der Waals surface area contributed by atoms with Gasteiger partial charge >= 0.3 is 0 Å². The van der Waals surface area contributed by atoms with Gasteiger partial charge in [0.15, 0.2) is 0 Å². The van der Waals surface area contributed by atoms with E-state index in [-0.39, 0.29) is 11.8 Å². The topological polar surface area (TPSA) is 112 Å². The van der Waals surface area contributed by atoms with Gasteiger partial charge in [-0.05, 0) is 58.3 Å². The van der Waals surface area contributed by atoms with Crippen LogP contribution in [0.1, 0.15) is 13.8 Å². The largest absolute Gasteiger partial charge is 0.338 e. The predicted molar refractivity (Wildman–Crippen MR) is 139 cm³/mol. The Morgan fingerprint density at radius 2 is 2.00 bits per heavy atom. The molecule has 6 rings (SSSR count). The lowest BCUT2D eigenvalue weighted by Gasteiger charge is -2.08. The molecule has 0 spiro atoms. The van der Waals surface area contributed by atoms with Crippen LogP contribution in [0.25, 0.3) is 55.8 Å². The van der Waals surface area contributed by atoms with E-state index in [2.05, 4.69) is 53.4 Å². The first kappa shape index (κ1) is 21.2. The van der Waals surface area contributed by atoms with Crippen molar-refractivity contribution >= 4 is 45.0 Å². The number of nitrogens with zero attached hydrogens (tertiary/aromatic N) is 4. The van der Waals surface area contributed by atoms with Gasteiger partial charge in [0.1, 0.15) is 16.9 Å². The molecule has 0 radical (unpaired) electrons. The molecule has 0 aromatic carbocycles. The fourth-order valence-electron chi connectivity index (χ4n) is 4.01. The third-order valence-corrected chi connectivity index (χ3v) is 6.54. The van der Waals surface area contributed by atoms with Crippen molar-refractivity contribution in [3.05, 3.63) is 65.7 Å². The second-order valence-corrected chi connectivity index (χ2v) is 9.37. The van der Waals surface area contributed by atoms with Gasteiger partial charge in [-0.15, -0.1) is 0 Å². The zero-order valence-electron chi connectivity index (χ0n) is 19.0. The fourth-order valence-corrected chi connectivity index (χ4v) is 4.66. The van der Waals surface area contributed by atoms with Crippen molar-refractivity contribution in [1.29, 1.82) is 0 Å². The summed E-state index contributed by atoms with van der Waals surface area (Å²) < 4.78 is 0. The molecule has 0 aliphatic rings. The van der Waals surface area contributed by atoms with Crippen molar-refractivity contribution in [2.24, 2.45) is 5.92 Å². The lowest BCUT2D eigenvalue weighted by Crippen LogP contribution is -2.17. The molecule has 0 aliphatic carbocycles. The highest BCUT2D eigenvalue weighted by molar-refractivity contribution is 7.08. The van der Waals surface area contributed by atoms with Crippen LogP contribution >= 0.6 is 11.3 Å². The van der Waals surface area contributed by atoms with Crippen LogP contribution in [0.4, 0.5) is 5.69 Å². The number of H-pyrrole nitrogens is 2. The Bertz CT molecular complexity index is 1680. The van der Waals surface area contributed by atoms with E-state index in [1.165, 1.54) is 0 Å². The highest BCUT2D eigenvalue weighted by atomic mass is 32.1. The summed E-state index contributed by atoms with van der Waals surface area (Å²) >= 11 is 1.67. The molecule has 0 unspecified atom stereocenters. The van der Waals surface area contributed by atoms with Gasteiger partial charge in [0.25, 0.3) is 0 Å². The molecule has 1 amide bonds. The van der Waals surface area contributed by atoms with E-state index in [0.29, 0.717) is 11.4 Å². The van der Waals surface area contributed by atoms with E-state index in [9.17, 15) is 4.79 Å². The number of carbonyl (C=O) groups excluding carboxylic acids is 1. The molecular formula is C26H21N7OS. The molecule has 0 saturated heterocycles. The molecule has 6 aromatic heterocycles. The highest BCUT2D eigenvalue weighted by Crippen LogP contribution is 2.34. The SMILES string of the molecule is CC(C)C(=O)Nc1cncc(-c2ccc3[nH]nc(-c4cc5c(-c6ccsc6)ccnc5[nH]4)c3n2)c1. The van der Waals surface area contributed by atoms with Crippen LogP contribution in [0.2, 0.25) is 0 Å². The van der Waals surface area contributed by atoms with Crippen molar-refractivity contribution in [1.82, 2.24) is 30.1 Å². The third kappa shape index (κ3) is 3.85. The second-order valence-electron chi connectivity index (χ2n) is 8.59. The molecule has 6 aromatic rings. The first-order valence-corrected chi connectivity index (χ1v) is 12.1. The number of hydrogen-bond donors (Lipinski definition) is 3. The summed E-state index contributed by atoms with van der Waals surface area (Å²) in [5.74, 6) is -0.175. The van der Waals surface area contributed by atoms with Gasteiger partial charge in [-0.1, -0.05) is 13.8 Å². The number of hydrogen-bond acceptors (Lipinski definition) is 6. The average Bonchev–Trinajstić information content (AvgIpc) is 3.62. The molecule has 35 heavy (non-hydrogen) atoms. The quantitative estimate of drug-likeness (QED) is 0.286. The van der Waals surface area contributed by atoms with Gasteiger partial charge in [0.05, 0.1) is 28.8 Å². The minimum absolute atomic E-state index is 0.0567. The van der Waals surface area contributed by atoms with Gasteiger partial charge in [-0.25, -0.2) is 9.97 Å². The maximum absolute atomic E-state index is 12.1. The molecule has 0 atom stereocenters. The van der Waals surface area contributed by atoms with Crippen molar-refractivity contribution in [2.75, 3.05) is 5.32 Å². The summed E-state index contributed by atoms with van der Waals surface area (Å²) in [6.45, 7) is 3.71. The van der Waals surface area contributed by atoms with Crippen LogP contribution < -0.4 is 5.32 Å². The Morgan fingerprint density at radius 1 is 1.09 bits per heavy atom. The van der Waals surface area contributed by atoms with Crippen LogP contribution in [-0.2, 0) is 4.79 Å². The van der Waals surface area contributed by atoms with E-state index in [1.54, 1.807) is 23.7 Å². The molecule has 172 valence electrons. The summed E-state index contributed by atoms with van der Waals surface area (Å²) in [5.41, 5.74) is 8.38. The summed E-state index contributed by atoms with van der Waals surface area (Å²) in [4.78, 5) is 29.2.